The Morgan fingerprint density at radius 2 is 0.549 bits per heavy atom. The highest BCUT2D eigenvalue weighted by Crippen LogP contribution is 2.58. The zero-order chi connectivity index (χ0) is 86.3. The number of hydrogen-bond donors (Lipinski definition) is 5. The lowest BCUT2D eigenvalue weighted by molar-refractivity contribution is -0.149. The van der Waals surface area contributed by atoms with E-state index < -0.39 is 108 Å². The molecule has 0 aliphatic heterocycles. The van der Waals surface area contributed by atoms with Crippen LogP contribution in [0.4, 0.5) is 0 Å². The molecule has 0 radical (unpaired) electrons. The molecule has 0 aromatic heterocycles. The van der Waals surface area contributed by atoms with E-state index in [2.05, 4.69) is 25.4 Å². The second-order valence-corrected chi connectivity index (χ2v) is 45.8. The Bertz CT molecular complexity index is 3900. The van der Waals surface area contributed by atoms with E-state index in [9.17, 15) is 46.8 Å². The minimum absolute atomic E-state index is 0.136. The summed E-state index contributed by atoms with van der Waals surface area (Å²) < 4.78 is 120. The number of hydrogen-bond acceptors (Lipinski definition) is 20. The summed E-state index contributed by atoms with van der Waals surface area (Å²) in [4.78, 5) is 59.9. The van der Waals surface area contributed by atoms with Crippen molar-refractivity contribution in [2.24, 2.45) is 5.41 Å². The Morgan fingerprint density at radius 1 is 0.301 bits per heavy atom. The first-order chi connectivity index (χ1) is 52.1. The molecule has 6 aromatic carbocycles. The Kier molecular flexibility index (Phi) is 42.0. The first-order valence-corrected chi connectivity index (χ1v) is 46.5. The Labute approximate surface area is 673 Å². The van der Waals surface area contributed by atoms with E-state index in [1.54, 1.807) is 235 Å². The maximum absolute atomic E-state index is 13.8. The molecule has 0 aliphatic rings. The van der Waals surface area contributed by atoms with Gasteiger partial charge in [-0.2, -0.15) is 0 Å². The molecule has 0 aliphatic carbocycles. The fourth-order valence-electron chi connectivity index (χ4n) is 8.85. The van der Waals surface area contributed by atoms with Gasteiger partial charge in [-0.25, -0.2) is 25.4 Å². The van der Waals surface area contributed by atoms with Crippen molar-refractivity contribution in [1.29, 1.82) is 0 Å². The molecule has 113 heavy (non-hydrogen) atoms. The lowest BCUT2D eigenvalue weighted by atomic mass is 9.99. The van der Waals surface area contributed by atoms with Gasteiger partial charge in [0.05, 0.1) is 58.3 Å². The van der Waals surface area contributed by atoms with E-state index >= 15 is 0 Å². The molecule has 6 aromatic rings. The van der Waals surface area contributed by atoms with E-state index in [0.717, 1.165) is 10.8 Å². The molecule has 6 rings (SSSR count). The Hall–Kier alpha value is -7.12. The number of ether oxygens (including phenoxy) is 5. The lowest BCUT2D eigenvalue weighted by Crippen LogP contribution is -2.40. The van der Waals surface area contributed by atoms with E-state index in [1.807, 2.05) is 123 Å². The van der Waals surface area contributed by atoms with Crippen LogP contribution in [0.2, 0.25) is 0 Å². The SMILES string of the molecule is CC(C)OC(=O)[C@@H](C)NP(=O)(Oc1ccccc1)C(C)C.CC(C)OC(=O)[C@H](C)NP(=O)(Oc1ccccc1)C(C)C.CC(C)OC(=O)[C@H](C)N[P@@](=O)(Oc1ccccc1)C(C)(C)C.CC(C)OC(=O)[C@H](C)N[P@](=O)(Oc1ccccc1)C(C)C.C[C@H](NP(=O)(Oc1cccc2ccccc12)C(C)(C)C)C(=O)OCC(C)(C)C. The number of nitrogens with one attached hydrogen (secondary N) is 5. The standard InChI is InChI=1S/C22H32NO4P.C16H26NO4P.3C15H24NO4P/c1-16(20(24)26-15-21(2,3)4)23-28(25,22(5,6)7)27-19-14-10-12-17-11-8-9-13-18(17)19;1-12(2)20-15(18)13(3)17-22(19,16(4,5)6)21-14-10-8-7-9-11-14;3*1-11(2)19-15(17)13(5)16-21(18,12(3)4)20-14-9-7-6-8-10-14/h8-14,16H,15H2,1-7H3,(H,23,25);7-13H,1-6H3,(H,17,19);3*6-13H,1-5H3,(H,16,18)/t16-,28?;13-,22-;2*13-,21?;13-,21+/m00100/s1. The van der Waals surface area contributed by atoms with Crippen molar-refractivity contribution in [2.45, 2.75) is 276 Å². The van der Waals surface area contributed by atoms with E-state index in [0.29, 0.717) is 35.4 Å². The average Bonchev–Trinajstić information content (AvgIpc) is 0.734. The Balaban J connectivity index is 0.000000482. The summed E-state index contributed by atoms with van der Waals surface area (Å²) in [5, 5.41) is 14.7. The monoisotopic (exact) mass is 1670 g/mol. The van der Waals surface area contributed by atoms with Gasteiger partial charge in [-0.05, 0) is 197 Å². The molecule has 0 heterocycles. The molecule has 0 saturated carbocycles. The van der Waals surface area contributed by atoms with Gasteiger partial charge in [-0.1, -0.05) is 172 Å². The molecule has 632 valence electrons. The third kappa shape index (κ3) is 36.7. The van der Waals surface area contributed by atoms with Crippen molar-refractivity contribution >= 4 is 78.2 Å². The number of esters is 5. The van der Waals surface area contributed by atoms with Crippen LogP contribution in [0.15, 0.2) is 164 Å². The summed E-state index contributed by atoms with van der Waals surface area (Å²) >= 11 is 0. The summed E-state index contributed by atoms with van der Waals surface area (Å²) in [5.41, 5.74) is -0.950. The number of carbonyl (C=O) groups excluding carboxylic acids is 5. The molecular weight excluding hydrogens is 1540 g/mol. The molecule has 25 nitrogen and oxygen atoms in total. The largest absolute Gasteiger partial charge is 0.464 e. The van der Waals surface area contributed by atoms with Crippen LogP contribution in [0.25, 0.3) is 10.8 Å². The number of rotatable bonds is 33. The number of benzene rings is 6. The predicted octanol–water partition coefficient (Wildman–Crippen LogP) is 20.6. The first kappa shape index (κ1) is 102. The summed E-state index contributed by atoms with van der Waals surface area (Å²) in [6.45, 7) is 50.2. The zero-order valence-corrected chi connectivity index (χ0v) is 76.1. The van der Waals surface area contributed by atoms with Crippen LogP contribution in [-0.2, 0) is 70.5 Å². The van der Waals surface area contributed by atoms with Crippen molar-refractivity contribution in [3.63, 3.8) is 0 Å². The summed E-state index contributed by atoms with van der Waals surface area (Å²) in [6, 6.07) is 45.5. The molecule has 10 atom stereocenters. The van der Waals surface area contributed by atoms with E-state index in [4.69, 9.17) is 46.3 Å². The van der Waals surface area contributed by atoms with Crippen molar-refractivity contribution < 1.29 is 93.1 Å². The van der Waals surface area contributed by atoms with Gasteiger partial charge in [0.1, 0.15) is 59.0 Å². The van der Waals surface area contributed by atoms with Gasteiger partial charge in [0, 0.05) is 5.39 Å². The van der Waals surface area contributed by atoms with Crippen molar-refractivity contribution in [3.8, 4) is 28.7 Å². The Morgan fingerprint density at radius 3 is 0.823 bits per heavy atom. The van der Waals surface area contributed by atoms with Crippen molar-refractivity contribution in [2.75, 3.05) is 6.61 Å². The first-order valence-electron chi connectivity index (χ1n) is 38.1. The molecule has 0 fully saturated rings. The normalized spacial score (nSPS) is 15.7. The van der Waals surface area contributed by atoms with Crippen LogP contribution in [0, 0.1) is 5.41 Å². The van der Waals surface area contributed by atoms with Crippen LogP contribution < -0.4 is 48.1 Å². The molecular formula is C83H130N5O20P5. The molecule has 0 amide bonds. The highest BCUT2D eigenvalue weighted by atomic mass is 31.2. The van der Waals surface area contributed by atoms with Crippen molar-refractivity contribution in [3.05, 3.63) is 164 Å². The summed E-state index contributed by atoms with van der Waals surface area (Å²) in [5.74, 6) is 0.325. The van der Waals surface area contributed by atoms with E-state index in [-0.39, 0.29) is 46.8 Å². The van der Waals surface area contributed by atoms with Gasteiger partial charge in [0.15, 0.2) is 0 Å². The number of carbonyl (C=O) groups is 5. The van der Waals surface area contributed by atoms with Crippen LogP contribution >= 0.6 is 37.6 Å². The maximum atomic E-state index is 13.8. The maximum Gasteiger partial charge on any atom is 0.323 e. The van der Waals surface area contributed by atoms with Crippen LogP contribution in [-0.4, -0.2) is 118 Å². The topological polar surface area (TPSA) is 323 Å². The van der Waals surface area contributed by atoms with Crippen molar-refractivity contribution in [1.82, 2.24) is 25.4 Å². The van der Waals surface area contributed by atoms with Crippen LogP contribution in [0.5, 0.6) is 28.7 Å². The highest BCUT2D eigenvalue weighted by Gasteiger charge is 2.44. The third-order valence-corrected chi connectivity index (χ3v) is 29.1. The molecule has 5 N–H and O–H groups in total. The quantitative estimate of drug-likeness (QED) is 0.0145. The summed E-state index contributed by atoms with van der Waals surface area (Å²) in [7, 11) is -16.4. The lowest BCUT2D eigenvalue weighted by Gasteiger charge is -2.33. The van der Waals surface area contributed by atoms with Crippen LogP contribution in [0.3, 0.4) is 0 Å². The minimum Gasteiger partial charge on any atom is -0.464 e. The van der Waals surface area contributed by atoms with Gasteiger partial charge < -0.3 is 46.3 Å². The number of para-hydroxylation sites is 4. The zero-order valence-electron chi connectivity index (χ0n) is 71.6. The summed E-state index contributed by atoms with van der Waals surface area (Å²) in [6.07, 6.45) is -0.860. The van der Waals surface area contributed by atoms with Gasteiger partial charge in [0.2, 0.25) is 0 Å². The second-order valence-electron chi connectivity index (χ2n) is 32.1. The average molecular weight is 1670 g/mol. The van der Waals surface area contributed by atoms with E-state index in [1.165, 1.54) is 0 Å². The second kappa shape index (κ2) is 46.6. The third-order valence-electron chi connectivity index (χ3n) is 15.4. The fraction of sp³-hybridized carbons (Fsp3) is 0.530. The molecule has 0 spiro atoms. The highest BCUT2D eigenvalue weighted by molar-refractivity contribution is 7.59. The van der Waals surface area contributed by atoms with Crippen LogP contribution in [0.1, 0.15) is 194 Å². The predicted molar refractivity (Wildman–Crippen MR) is 454 cm³/mol. The minimum atomic E-state index is -3.45. The van der Waals surface area contributed by atoms with Gasteiger partial charge in [-0.15, -0.1) is 0 Å². The van der Waals surface area contributed by atoms with Gasteiger partial charge in [-0.3, -0.25) is 46.8 Å². The van der Waals surface area contributed by atoms with Gasteiger partial charge >= 0.3 is 67.4 Å². The molecule has 0 saturated heterocycles. The molecule has 0 bridgehead atoms. The fourth-order valence-corrected chi connectivity index (χ4v) is 17.3. The number of fused-ring (bicyclic) bond motifs is 1. The molecule has 3 unspecified atom stereocenters. The smallest absolute Gasteiger partial charge is 0.323 e. The van der Waals surface area contributed by atoms with Gasteiger partial charge in [0.25, 0.3) is 0 Å². The molecule has 30 heteroatoms.